The average molecular weight is 415 g/mol. The maximum atomic E-state index is 12.4. The number of amides is 1. The third-order valence-electron chi connectivity index (χ3n) is 5.23. The monoisotopic (exact) mass is 414 g/mol. The zero-order valence-corrected chi connectivity index (χ0v) is 17.7. The zero-order valence-electron chi connectivity index (χ0n) is 16.1. The number of rotatable bonds is 3. The van der Waals surface area contributed by atoms with Crippen LogP contribution in [0, 0.1) is 13.8 Å². The highest BCUT2D eigenvalue weighted by molar-refractivity contribution is 8.18. The summed E-state index contributed by atoms with van der Waals surface area (Å²) < 4.78 is 1.94. The summed E-state index contributed by atoms with van der Waals surface area (Å²) in [6, 6.07) is 7.79. The van der Waals surface area contributed by atoms with Crippen molar-refractivity contribution in [1.29, 1.82) is 0 Å². The van der Waals surface area contributed by atoms with Crippen molar-refractivity contribution in [3.63, 3.8) is 0 Å². The summed E-state index contributed by atoms with van der Waals surface area (Å²) >= 11 is 7.78. The van der Waals surface area contributed by atoms with Crippen LogP contribution in [0.2, 0.25) is 5.02 Å². The Morgan fingerprint density at radius 3 is 2.68 bits per heavy atom. The van der Waals surface area contributed by atoms with E-state index in [-0.39, 0.29) is 5.91 Å². The van der Waals surface area contributed by atoms with Gasteiger partial charge in [-0.25, -0.2) is 0 Å². The van der Waals surface area contributed by atoms with Crippen LogP contribution in [0.25, 0.3) is 6.08 Å². The number of piperidine rings is 1. The van der Waals surface area contributed by atoms with Gasteiger partial charge >= 0.3 is 0 Å². The van der Waals surface area contributed by atoms with Crippen molar-refractivity contribution >= 4 is 40.5 Å². The standard InChI is InChI=1S/C21H23ClN4OS/c1-14-17(15(2)26(24-14)13-16-8-4-5-9-18(16)22)12-19-20(27)23-21(28-19)25-10-6-3-7-11-25/h4-5,8-9,12H,3,6-7,10-11,13H2,1-2H3. The number of benzene rings is 1. The van der Waals surface area contributed by atoms with E-state index in [9.17, 15) is 4.79 Å². The normalized spacial score (nSPS) is 18.8. The first-order valence-corrected chi connectivity index (χ1v) is 10.8. The second kappa shape index (κ2) is 8.13. The molecule has 0 radical (unpaired) electrons. The maximum absolute atomic E-state index is 12.4. The summed E-state index contributed by atoms with van der Waals surface area (Å²) in [5.74, 6) is -0.150. The number of amidine groups is 1. The molecule has 1 fully saturated rings. The first-order chi connectivity index (χ1) is 13.5. The Morgan fingerprint density at radius 2 is 1.93 bits per heavy atom. The van der Waals surface area contributed by atoms with Crippen molar-refractivity contribution in [2.75, 3.05) is 13.1 Å². The summed E-state index contributed by atoms with van der Waals surface area (Å²) in [5, 5.41) is 6.24. The lowest BCUT2D eigenvalue weighted by atomic mass is 10.1. The number of aliphatic imine (C=N–C) groups is 1. The first-order valence-electron chi connectivity index (χ1n) is 9.58. The Morgan fingerprint density at radius 1 is 1.18 bits per heavy atom. The molecular formula is C21H23ClN4OS. The fourth-order valence-electron chi connectivity index (χ4n) is 3.61. The van der Waals surface area contributed by atoms with E-state index >= 15 is 0 Å². The predicted molar refractivity (Wildman–Crippen MR) is 116 cm³/mol. The number of nitrogens with zero attached hydrogens (tertiary/aromatic N) is 4. The Balaban J connectivity index is 1.56. The van der Waals surface area contributed by atoms with Crippen LogP contribution in [0.5, 0.6) is 0 Å². The molecule has 0 saturated carbocycles. The van der Waals surface area contributed by atoms with Crippen molar-refractivity contribution in [2.45, 2.75) is 39.7 Å². The lowest BCUT2D eigenvalue weighted by Gasteiger charge is -2.27. The van der Waals surface area contributed by atoms with Gasteiger partial charge in [0.15, 0.2) is 5.17 Å². The van der Waals surface area contributed by atoms with Crippen molar-refractivity contribution in [3.05, 3.63) is 56.7 Å². The molecule has 1 aromatic heterocycles. The van der Waals surface area contributed by atoms with E-state index < -0.39 is 0 Å². The Kier molecular flexibility index (Phi) is 5.60. The van der Waals surface area contributed by atoms with Crippen molar-refractivity contribution in [3.8, 4) is 0 Å². The lowest BCUT2D eigenvalue weighted by molar-refractivity contribution is -0.113. The van der Waals surface area contributed by atoms with Crippen molar-refractivity contribution in [1.82, 2.24) is 14.7 Å². The van der Waals surface area contributed by atoms with Gasteiger partial charge in [-0.15, -0.1) is 0 Å². The second-order valence-corrected chi connectivity index (χ2v) is 8.61. The molecule has 4 rings (SSSR count). The maximum Gasteiger partial charge on any atom is 0.286 e. The van der Waals surface area contributed by atoms with Gasteiger partial charge in [0.25, 0.3) is 5.91 Å². The minimum atomic E-state index is -0.150. The molecule has 146 valence electrons. The predicted octanol–water partition coefficient (Wildman–Crippen LogP) is 4.66. The molecule has 2 aliphatic heterocycles. The van der Waals surface area contributed by atoms with Crippen molar-refractivity contribution in [2.24, 2.45) is 4.99 Å². The minimum absolute atomic E-state index is 0.150. The Bertz CT molecular complexity index is 973. The summed E-state index contributed by atoms with van der Waals surface area (Å²) in [6.45, 7) is 6.57. The van der Waals surface area contributed by atoms with E-state index in [0.717, 1.165) is 45.8 Å². The van der Waals surface area contributed by atoms with Gasteiger partial charge < -0.3 is 4.90 Å². The molecule has 0 bridgehead atoms. The molecule has 3 heterocycles. The second-order valence-electron chi connectivity index (χ2n) is 7.19. The van der Waals surface area contributed by atoms with Crippen LogP contribution in [0.3, 0.4) is 0 Å². The first kappa shape index (κ1) is 19.3. The number of hydrogen-bond acceptors (Lipinski definition) is 4. The Labute approximate surface area is 174 Å². The van der Waals surface area contributed by atoms with E-state index in [2.05, 4.69) is 15.0 Å². The van der Waals surface area contributed by atoms with Crippen LogP contribution < -0.4 is 0 Å². The molecule has 1 saturated heterocycles. The van der Waals surface area contributed by atoms with Crippen LogP contribution in [0.1, 0.15) is 41.8 Å². The molecular weight excluding hydrogens is 392 g/mol. The molecule has 0 atom stereocenters. The van der Waals surface area contributed by atoms with Crippen LogP contribution in [0.4, 0.5) is 0 Å². The summed E-state index contributed by atoms with van der Waals surface area (Å²) in [7, 11) is 0. The van der Waals surface area contributed by atoms with Gasteiger partial charge in [-0.05, 0) is 62.6 Å². The highest BCUT2D eigenvalue weighted by Gasteiger charge is 2.27. The highest BCUT2D eigenvalue weighted by Crippen LogP contribution is 2.32. The van der Waals surface area contributed by atoms with E-state index in [1.807, 2.05) is 48.9 Å². The molecule has 1 aromatic carbocycles. The third kappa shape index (κ3) is 3.89. The summed E-state index contributed by atoms with van der Waals surface area (Å²) in [4.78, 5) is 19.6. The number of aromatic nitrogens is 2. The van der Waals surface area contributed by atoms with Crippen LogP contribution >= 0.6 is 23.4 Å². The molecule has 0 N–H and O–H groups in total. The van der Waals surface area contributed by atoms with E-state index in [1.165, 1.54) is 31.0 Å². The molecule has 0 spiro atoms. The van der Waals surface area contributed by atoms with Crippen LogP contribution in [0.15, 0.2) is 34.2 Å². The quantitative estimate of drug-likeness (QED) is 0.685. The average Bonchev–Trinajstić information content (AvgIpc) is 3.19. The van der Waals surface area contributed by atoms with Gasteiger partial charge in [0.05, 0.1) is 17.1 Å². The molecule has 2 aliphatic rings. The minimum Gasteiger partial charge on any atom is -0.351 e. The number of hydrogen-bond donors (Lipinski definition) is 0. The number of carbonyl (C=O) groups is 1. The molecule has 1 amide bonds. The van der Waals surface area contributed by atoms with Gasteiger partial charge in [-0.1, -0.05) is 29.8 Å². The largest absolute Gasteiger partial charge is 0.351 e. The fourth-order valence-corrected chi connectivity index (χ4v) is 4.75. The molecule has 5 nitrogen and oxygen atoms in total. The number of carbonyl (C=O) groups excluding carboxylic acids is 1. The van der Waals surface area contributed by atoms with Crippen LogP contribution in [-0.4, -0.2) is 38.8 Å². The van der Waals surface area contributed by atoms with Gasteiger partial charge in [0, 0.05) is 29.4 Å². The lowest BCUT2D eigenvalue weighted by Crippen LogP contribution is -2.33. The smallest absolute Gasteiger partial charge is 0.286 e. The van der Waals surface area contributed by atoms with Crippen molar-refractivity contribution < 1.29 is 4.79 Å². The number of likely N-dealkylation sites (tertiary alicyclic amines) is 1. The summed E-state index contributed by atoms with van der Waals surface area (Å²) in [6.07, 6.45) is 5.53. The number of halogens is 1. The topological polar surface area (TPSA) is 50.5 Å². The van der Waals surface area contributed by atoms with Gasteiger partial charge in [-0.3, -0.25) is 9.48 Å². The van der Waals surface area contributed by atoms with Gasteiger partial charge in [0.2, 0.25) is 0 Å². The highest BCUT2D eigenvalue weighted by atomic mass is 35.5. The molecule has 7 heteroatoms. The van der Waals surface area contributed by atoms with Crippen LogP contribution in [-0.2, 0) is 11.3 Å². The number of aryl methyl sites for hydroxylation is 1. The molecule has 0 unspecified atom stereocenters. The third-order valence-corrected chi connectivity index (χ3v) is 6.64. The van der Waals surface area contributed by atoms with E-state index in [1.54, 1.807) is 0 Å². The SMILES string of the molecule is Cc1nn(Cc2ccccc2Cl)c(C)c1C=C1SC(N2CCCCC2)=NC1=O. The number of thioether (sulfide) groups is 1. The summed E-state index contributed by atoms with van der Waals surface area (Å²) in [5.41, 5.74) is 3.93. The van der Waals surface area contributed by atoms with E-state index in [0.29, 0.717) is 11.4 Å². The Hall–Kier alpha value is -2.05. The molecule has 28 heavy (non-hydrogen) atoms. The molecule has 2 aromatic rings. The van der Waals surface area contributed by atoms with Gasteiger partial charge in [-0.2, -0.15) is 10.1 Å². The van der Waals surface area contributed by atoms with Gasteiger partial charge in [0.1, 0.15) is 0 Å². The van der Waals surface area contributed by atoms with E-state index in [4.69, 9.17) is 11.6 Å². The zero-order chi connectivity index (χ0) is 19.7. The fraction of sp³-hybridized carbons (Fsp3) is 0.381. The molecule has 0 aliphatic carbocycles.